The molecule has 1 aliphatic rings. The van der Waals surface area contributed by atoms with E-state index < -0.39 is 16.1 Å². The SMILES string of the molecule is CC1(C)c2ccccc2-c2ccc3c4ccccc4n(-c4ccc([Si](c5ccccc5)(c5ccccc5)c5cccc6c5c5ccccc5n6-c5ccccc5)cc4)c3c21.c1ccc(-n2c3ccccc3c3c([Si](c4ccccc4)(c4ccccc4)c4ccc(-n5c6ccccc6c6ccc7c8ccccc8n(-c8ccccc8)c7c65)cc4)cccc32)cc1. The zero-order valence-corrected chi connectivity index (χ0v) is 70.7. The average Bonchev–Trinajstić information content (AvgIpc) is 1.52. The largest absolute Gasteiger partial charge is 0.309 e. The summed E-state index contributed by atoms with van der Waals surface area (Å²) in [5, 5.41) is 23.6. The van der Waals surface area contributed by atoms with E-state index in [2.05, 4.69) is 504 Å². The van der Waals surface area contributed by atoms with Gasteiger partial charge in [-0.3, -0.25) is 0 Å². The fourth-order valence-electron chi connectivity index (χ4n) is 22.0. The highest BCUT2D eigenvalue weighted by molar-refractivity contribution is 7.21. The first kappa shape index (κ1) is 72.6. The van der Waals surface area contributed by atoms with Crippen molar-refractivity contribution in [2.45, 2.75) is 19.3 Å². The van der Waals surface area contributed by atoms with Crippen molar-refractivity contribution >= 4 is 167 Å². The average molecular weight is 1620 g/mol. The van der Waals surface area contributed by atoms with E-state index in [0.717, 1.165) is 17.1 Å². The van der Waals surface area contributed by atoms with Crippen molar-refractivity contribution in [1.82, 2.24) is 22.8 Å². The van der Waals surface area contributed by atoms with Gasteiger partial charge in [0.2, 0.25) is 0 Å². The van der Waals surface area contributed by atoms with Crippen LogP contribution >= 0.6 is 0 Å². The van der Waals surface area contributed by atoms with Gasteiger partial charge in [-0.25, -0.2) is 0 Å². The van der Waals surface area contributed by atoms with E-state index in [0.29, 0.717) is 0 Å². The van der Waals surface area contributed by atoms with E-state index in [1.807, 2.05) is 0 Å². The highest BCUT2D eigenvalue weighted by Gasteiger charge is 2.46. The van der Waals surface area contributed by atoms with Crippen molar-refractivity contribution in [1.29, 1.82) is 0 Å². The zero-order chi connectivity index (χ0) is 82.2. The van der Waals surface area contributed by atoms with Gasteiger partial charge in [-0.2, -0.15) is 0 Å². The van der Waals surface area contributed by atoms with E-state index in [1.54, 1.807) is 0 Å². The van der Waals surface area contributed by atoms with Crippen LogP contribution in [-0.4, -0.2) is 39.0 Å². The molecule has 0 saturated carbocycles. The summed E-state index contributed by atoms with van der Waals surface area (Å²) < 4.78 is 12.4. The third-order valence-corrected chi connectivity index (χ3v) is 36.7. The molecule has 584 valence electrons. The Hall–Kier alpha value is -15.4. The fourth-order valence-corrected chi connectivity index (χ4v) is 31.9. The molecule has 0 bridgehead atoms. The number of hydrogen-bond donors (Lipinski definition) is 0. The van der Waals surface area contributed by atoms with Crippen LogP contribution in [0.1, 0.15) is 25.0 Å². The van der Waals surface area contributed by atoms with Gasteiger partial charge >= 0.3 is 0 Å². The van der Waals surface area contributed by atoms with Crippen LogP contribution in [0.25, 0.3) is 149 Å². The summed E-state index contributed by atoms with van der Waals surface area (Å²) in [6.07, 6.45) is 0. The van der Waals surface area contributed by atoms with Crippen LogP contribution in [0.3, 0.4) is 0 Å². The second kappa shape index (κ2) is 28.9. The molecule has 0 spiro atoms. The summed E-state index contributed by atoms with van der Waals surface area (Å²) >= 11 is 0. The number of fused-ring (bicyclic) bond motifs is 20. The molecule has 0 atom stereocenters. The van der Waals surface area contributed by atoms with Crippen LogP contribution in [0.4, 0.5) is 0 Å². The van der Waals surface area contributed by atoms with Crippen LogP contribution in [-0.2, 0) is 5.41 Å². The summed E-state index contributed by atoms with van der Waals surface area (Å²) in [7, 11) is -6.02. The first-order chi connectivity index (χ1) is 61.4. The number of aromatic nitrogens is 5. The van der Waals surface area contributed by atoms with Gasteiger partial charge < -0.3 is 22.8 Å². The predicted octanol–water partition coefficient (Wildman–Crippen LogP) is 23.9. The van der Waals surface area contributed by atoms with E-state index >= 15 is 0 Å². The molecule has 5 nitrogen and oxygen atoms in total. The monoisotopic (exact) mass is 1610 g/mol. The van der Waals surface area contributed by atoms with Crippen LogP contribution in [0.15, 0.2) is 467 Å². The Labute approximate surface area is 721 Å². The van der Waals surface area contributed by atoms with Gasteiger partial charge in [0.05, 0.1) is 55.2 Å². The summed E-state index contributed by atoms with van der Waals surface area (Å²) in [5.74, 6) is 0. The molecule has 5 aromatic heterocycles. The molecule has 24 aromatic rings. The zero-order valence-electron chi connectivity index (χ0n) is 68.7. The highest BCUT2D eigenvalue weighted by atomic mass is 28.3. The van der Waals surface area contributed by atoms with Crippen molar-refractivity contribution in [3.8, 4) is 39.6 Å². The molecule has 0 amide bonds. The smallest absolute Gasteiger partial charge is 0.180 e. The summed E-state index contributed by atoms with van der Waals surface area (Å²) in [6.45, 7) is 4.80. The molecule has 0 saturated heterocycles. The van der Waals surface area contributed by atoms with Crippen LogP contribution in [0.5, 0.6) is 0 Å². The number of hydrogen-bond acceptors (Lipinski definition) is 0. The molecule has 0 N–H and O–H groups in total. The van der Waals surface area contributed by atoms with Gasteiger partial charge in [0, 0.05) is 87.7 Å². The van der Waals surface area contributed by atoms with Crippen molar-refractivity contribution in [3.05, 3.63) is 478 Å². The summed E-state index contributed by atoms with van der Waals surface area (Å²) in [6, 6.07) is 174. The molecule has 0 aliphatic heterocycles. The predicted molar refractivity (Wildman–Crippen MR) is 529 cm³/mol. The lowest BCUT2D eigenvalue weighted by molar-refractivity contribution is 0.664. The van der Waals surface area contributed by atoms with Crippen molar-refractivity contribution in [2.24, 2.45) is 0 Å². The third-order valence-electron chi connectivity index (χ3n) is 27.0. The molecule has 0 fully saturated rings. The van der Waals surface area contributed by atoms with Gasteiger partial charge in [0.1, 0.15) is 0 Å². The quantitative estimate of drug-likeness (QED) is 0.0812. The Morgan fingerprint density at radius 2 is 0.444 bits per heavy atom. The van der Waals surface area contributed by atoms with Gasteiger partial charge in [-0.05, 0) is 167 Å². The van der Waals surface area contributed by atoms with E-state index in [9.17, 15) is 0 Å². The molecule has 19 aromatic carbocycles. The van der Waals surface area contributed by atoms with Crippen LogP contribution < -0.4 is 41.5 Å². The molecule has 25 rings (SSSR count). The normalized spacial score (nSPS) is 12.7. The summed E-state index contributed by atoms with van der Waals surface area (Å²) in [5.41, 5.74) is 23.3. The topological polar surface area (TPSA) is 24.6 Å². The van der Waals surface area contributed by atoms with Crippen molar-refractivity contribution in [3.63, 3.8) is 0 Å². The minimum Gasteiger partial charge on any atom is -0.309 e. The Kier molecular flexibility index (Phi) is 16.9. The van der Waals surface area contributed by atoms with Crippen molar-refractivity contribution < 1.29 is 0 Å². The Balaban J connectivity index is 0.000000140. The van der Waals surface area contributed by atoms with Gasteiger partial charge in [-0.1, -0.05) is 378 Å². The second-order valence-corrected chi connectivity index (χ2v) is 41.2. The van der Waals surface area contributed by atoms with Gasteiger partial charge in [0.25, 0.3) is 0 Å². The maximum absolute atomic E-state index is 3.03. The lowest BCUT2D eigenvalue weighted by atomic mass is 9.81. The van der Waals surface area contributed by atoms with Gasteiger partial charge in [0.15, 0.2) is 16.1 Å². The molecular weight excluding hydrogens is 1530 g/mol. The van der Waals surface area contributed by atoms with E-state index in [4.69, 9.17) is 0 Å². The van der Waals surface area contributed by atoms with E-state index in [1.165, 1.54) is 184 Å². The third kappa shape index (κ3) is 10.7. The van der Waals surface area contributed by atoms with Crippen molar-refractivity contribution in [2.75, 3.05) is 0 Å². The number of rotatable bonds is 13. The van der Waals surface area contributed by atoms with Crippen LogP contribution in [0.2, 0.25) is 0 Å². The molecule has 5 heterocycles. The molecule has 0 unspecified atom stereocenters. The number of nitrogens with zero attached hydrogens (tertiary/aromatic N) is 5. The minimum absolute atomic E-state index is 0.155. The van der Waals surface area contributed by atoms with E-state index in [-0.39, 0.29) is 5.41 Å². The number of benzene rings is 19. The second-order valence-electron chi connectivity index (χ2n) is 33.6. The fraction of sp³-hybridized carbons (Fsp3) is 0.0256. The molecule has 0 radical (unpaired) electrons. The first-order valence-corrected chi connectivity index (χ1v) is 47.1. The molecular formula is C117H83N5Si2. The Morgan fingerprint density at radius 3 is 0.823 bits per heavy atom. The maximum atomic E-state index is 2.55. The maximum Gasteiger partial charge on any atom is 0.180 e. The van der Waals surface area contributed by atoms with Gasteiger partial charge in [-0.15, -0.1) is 0 Å². The van der Waals surface area contributed by atoms with Crippen LogP contribution in [0, 0.1) is 0 Å². The molecule has 124 heavy (non-hydrogen) atoms. The lowest BCUT2D eigenvalue weighted by Gasteiger charge is -2.35. The summed E-state index contributed by atoms with van der Waals surface area (Å²) in [4.78, 5) is 0. The molecule has 7 heteroatoms. The Bertz CT molecular complexity index is 8200. The minimum atomic E-state index is -3.03. The highest BCUT2D eigenvalue weighted by Crippen LogP contribution is 2.53. The molecule has 1 aliphatic carbocycles. The standard InChI is InChI=1S/C60H41N3Si.C57H42N2Si/c1-5-20-42(21-6-1)61-55-33-18-15-30-52(55)58-56(61)34-19-35-57(58)64(45-24-9-3-10-25-45,46-26-11-4-12-27-46)47-38-36-44(37-39-47)63-54-32-17-14-29-49(54)51-41-40-50-48-28-13-16-31-53(48)62(59(50)60(51)63)43-22-7-2-8-23-43;1-57(2)49-28-15-12-25-44(49)46-37-38-47-45-26-13-16-29-50(45)59(56(47)55(46)57)40-33-35-43(36-34-40)60(41-21-8-4-9-22-41,42-23-10-5-11-24-42)53-32-18-31-52-54(53)48-27-14-17-30-51(48)58(52)39-19-6-3-7-20-39/h1-41H;3-38H,1-2H3. The lowest BCUT2D eigenvalue weighted by Crippen LogP contribution is -2.74. The first-order valence-electron chi connectivity index (χ1n) is 43.1. The number of para-hydroxylation sites is 8. The Morgan fingerprint density at radius 1 is 0.177 bits per heavy atom.